The number of rotatable bonds is 3. The first-order chi connectivity index (χ1) is 8.27. The van der Waals surface area contributed by atoms with Gasteiger partial charge in [-0.3, -0.25) is 4.79 Å². The van der Waals surface area contributed by atoms with E-state index in [4.69, 9.17) is 0 Å². The minimum atomic E-state index is 0.104. The summed E-state index contributed by atoms with van der Waals surface area (Å²) >= 11 is 0. The molecular formula is C13H19N3O. The molecule has 1 amide bonds. The molecule has 17 heavy (non-hydrogen) atoms. The van der Waals surface area contributed by atoms with Gasteiger partial charge in [0.2, 0.25) is 0 Å². The first-order valence-corrected chi connectivity index (χ1v) is 6.21. The summed E-state index contributed by atoms with van der Waals surface area (Å²) in [6.07, 6.45) is 4.96. The van der Waals surface area contributed by atoms with E-state index in [-0.39, 0.29) is 5.91 Å². The first kappa shape index (κ1) is 11.9. The van der Waals surface area contributed by atoms with Crippen LogP contribution in [0, 0.1) is 0 Å². The topological polar surface area (TPSA) is 45.2 Å². The molecule has 1 unspecified atom stereocenters. The average Bonchev–Trinajstić information content (AvgIpc) is 2.86. The zero-order valence-electron chi connectivity index (χ0n) is 10.4. The largest absolute Gasteiger partial charge is 0.372 e. The van der Waals surface area contributed by atoms with Crippen LogP contribution in [-0.2, 0) is 0 Å². The molecule has 1 aromatic heterocycles. The maximum atomic E-state index is 12.4. The summed E-state index contributed by atoms with van der Waals surface area (Å²) in [5.41, 5.74) is 0.676. The van der Waals surface area contributed by atoms with Gasteiger partial charge >= 0.3 is 0 Å². The summed E-state index contributed by atoms with van der Waals surface area (Å²) in [6.45, 7) is 3.01. The van der Waals surface area contributed by atoms with Gasteiger partial charge in [-0.1, -0.05) is 6.92 Å². The van der Waals surface area contributed by atoms with Crippen molar-refractivity contribution in [1.29, 1.82) is 0 Å². The van der Waals surface area contributed by atoms with E-state index in [1.807, 2.05) is 17.0 Å². The Labute approximate surface area is 102 Å². The number of nitrogens with one attached hydrogen (secondary N) is 1. The first-order valence-electron chi connectivity index (χ1n) is 6.21. The number of carbonyl (C=O) groups is 1. The summed E-state index contributed by atoms with van der Waals surface area (Å²) in [4.78, 5) is 18.6. The summed E-state index contributed by atoms with van der Waals surface area (Å²) in [6, 6.07) is 4.05. The Kier molecular flexibility index (Phi) is 3.61. The second-order valence-corrected chi connectivity index (χ2v) is 4.35. The number of aromatic nitrogens is 1. The number of likely N-dealkylation sites (tertiary alicyclic amines) is 1. The second-order valence-electron chi connectivity index (χ2n) is 4.35. The van der Waals surface area contributed by atoms with Gasteiger partial charge in [-0.15, -0.1) is 0 Å². The lowest BCUT2D eigenvalue weighted by molar-refractivity contribution is 0.0734. The number of carbonyl (C=O) groups excluding carboxylic acids is 1. The SMILES string of the molecule is CCC1CCCN1C(=O)c1cccnc1NC. The summed E-state index contributed by atoms with van der Waals surface area (Å²) in [5, 5.41) is 2.97. The molecule has 1 N–H and O–H groups in total. The quantitative estimate of drug-likeness (QED) is 0.870. The van der Waals surface area contributed by atoms with E-state index in [1.165, 1.54) is 0 Å². The predicted molar refractivity (Wildman–Crippen MR) is 68.1 cm³/mol. The fourth-order valence-corrected chi connectivity index (χ4v) is 2.46. The number of anilines is 1. The third-order valence-corrected chi connectivity index (χ3v) is 3.38. The van der Waals surface area contributed by atoms with Gasteiger partial charge in [-0.2, -0.15) is 0 Å². The summed E-state index contributed by atoms with van der Waals surface area (Å²) < 4.78 is 0. The summed E-state index contributed by atoms with van der Waals surface area (Å²) in [7, 11) is 1.79. The Hall–Kier alpha value is -1.58. The monoisotopic (exact) mass is 233 g/mol. The molecule has 1 saturated heterocycles. The van der Waals surface area contributed by atoms with Crippen LogP contribution in [0.2, 0.25) is 0 Å². The van der Waals surface area contributed by atoms with Crippen molar-refractivity contribution in [3.63, 3.8) is 0 Å². The van der Waals surface area contributed by atoms with Crippen LogP contribution < -0.4 is 5.32 Å². The molecule has 4 nitrogen and oxygen atoms in total. The zero-order chi connectivity index (χ0) is 12.3. The Balaban J connectivity index is 2.24. The van der Waals surface area contributed by atoms with Crippen LogP contribution in [0.3, 0.4) is 0 Å². The van der Waals surface area contributed by atoms with Gasteiger partial charge in [0.25, 0.3) is 5.91 Å². The summed E-state index contributed by atoms with van der Waals surface area (Å²) in [5.74, 6) is 0.769. The molecule has 1 aliphatic heterocycles. The van der Waals surface area contributed by atoms with Gasteiger partial charge in [0.1, 0.15) is 5.82 Å². The molecule has 0 aliphatic carbocycles. The van der Waals surface area contributed by atoms with Gasteiger partial charge in [-0.25, -0.2) is 4.98 Å². The molecular weight excluding hydrogens is 214 g/mol. The Bertz CT molecular complexity index is 405. The van der Waals surface area contributed by atoms with Crippen LogP contribution in [0.4, 0.5) is 5.82 Å². The van der Waals surface area contributed by atoms with Crippen molar-refractivity contribution in [2.45, 2.75) is 32.2 Å². The average molecular weight is 233 g/mol. The maximum Gasteiger partial charge on any atom is 0.257 e. The molecule has 2 rings (SSSR count). The third kappa shape index (κ3) is 2.25. The van der Waals surface area contributed by atoms with Crippen LogP contribution in [0.5, 0.6) is 0 Å². The smallest absolute Gasteiger partial charge is 0.257 e. The molecule has 4 heteroatoms. The van der Waals surface area contributed by atoms with Gasteiger partial charge in [-0.05, 0) is 31.4 Å². The van der Waals surface area contributed by atoms with E-state index in [9.17, 15) is 4.79 Å². The standard InChI is InChI=1S/C13H19N3O/c1-3-10-6-5-9-16(10)13(17)11-7-4-8-15-12(11)14-2/h4,7-8,10H,3,5-6,9H2,1-2H3,(H,14,15). The predicted octanol–water partition coefficient (Wildman–Crippen LogP) is 2.14. The Morgan fingerprint density at radius 2 is 2.47 bits per heavy atom. The minimum absolute atomic E-state index is 0.104. The highest BCUT2D eigenvalue weighted by Crippen LogP contribution is 2.24. The van der Waals surface area contributed by atoms with Gasteiger partial charge in [0.05, 0.1) is 5.56 Å². The molecule has 0 radical (unpaired) electrons. The van der Waals surface area contributed by atoms with E-state index < -0.39 is 0 Å². The lowest BCUT2D eigenvalue weighted by atomic mass is 10.1. The highest BCUT2D eigenvalue weighted by molar-refractivity contribution is 5.99. The van der Waals surface area contributed by atoms with Crippen molar-refractivity contribution in [3.8, 4) is 0 Å². The highest BCUT2D eigenvalue weighted by atomic mass is 16.2. The van der Waals surface area contributed by atoms with Crippen molar-refractivity contribution < 1.29 is 4.79 Å². The van der Waals surface area contributed by atoms with Crippen molar-refractivity contribution in [1.82, 2.24) is 9.88 Å². The molecule has 0 bridgehead atoms. The number of pyridine rings is 1. The number of hydrogen-bond donors (Lipinski definition) is 1. The van der Waals surface area contributed by atoms with Crippen molar-refractivity contribution in [2.24, 2.45) is 0 Å². The Morgan fingerprint density at radius 1 is 1.65 bits per heavy atom. The molecule has 1 atom stereocenters. The minimum Gasteiger partial charge on any atom is -0.372 e. The van der Waals surface area contributed by atoms with Gasteiger partial charge in [0, 0.05) is 25.8 Å². The van der Waals surface area contributed by atoms with Crippen molar-refractivity contribution in [3.05, 3.63) is 23.9 Å². The van der Waals surface area contributed by atoms with Crippen molar-refractivity contribution in [2.75, 3.05) is 18.9 Å². The normalized spacial score (nSPS) is 19.4. The van der Waals surface area contributed by atoms with E-state index in [2.05, 4.69) is 17.2 Å². The molecule has 1 aliphatic rings. The van der Waals surface area contributed by atoms with Crippen LogP contribution in [-0.4, -0.2) is 35.4 Å². The molecule has 1 aromatic rings. The Morgan fingerprint density at radius 3 is 3.18 bits per heavy atom. The van der Waals surface area contributed by atoms with Crippen LogP contribution in [0.1, 0.15) is 36.5 Å². The zero-order valence-corrected chi connectivity index (χ0v) is 10.4. The highest BCUT2D eigenvalue weighted by Gasteiger charge is 2.29. The molecule has 92 valence electrons. The molecule has 2 heterocycles. The molecule has 0 spiro atoms. The van der Waals surface area contributed by atoms with E-state index in [1.54, 1.807) is 13.2 Å². The van der Waals surface area contributed by atoms with E-state index in [0.717, 1.165) is 25.8 Å². The lowest BCUT2D eigenvalue weighted by Crippen LogP contribution is -2.35. The van der Waals surface area contributed by atoms with Crippen molar-refractivity contribution >= 4 is 11.7 Å². The van der Waals surface area contributed by atoms with Crippen LogP contribution >= 0.6 is 0 Å². The number of hydrogen-bond acceptors (Lipinski definition) is 3. The molecule has 0 aromatic carbocycles. The number of nitrogens with zero attached hydrogens (tertiary/aromatic N) is 2. The lowest BCUT2D eigenvalue weighted by Gasteiger charge is -2.24. The van der Waals surface area contributed by atoms with E-state index in [0.29, 0.717) is 17.4 Å². The fourth-order valence-electron chi connectivity index (χ4n) is 2.46. The third-order valence-electron chi connectivity index (χ3n) is 3.38. The van der Waals surface area contributed by atoms with Crippen LogP contribution in [0.25, 0.3) is 0 Å². The maximum absolute atomic E-state index is 12.4. The second kappa shape index (κ2) is 5.17. The fraction of sp³-hybridized carbons (Fsp3) is 0.538. The molecule has 0 saturated carbocycles. The van der Waals surface area contributed by atoms with Gasteiger partial charge < -0.3 is 10.2 Å². The van der Waals surface area contributed by atoms with Gasteiger partial charge in [0.15, 0.2) is 0 Å². The van der Waals surface area contributed by atoms with E-state index >= 15 is 0 Å². The molecule has 1 fully saturated rings. The number of amides is 1. The van der Waals surface area contributed by atoms with Crippen LogP contribution in [0.15, 0.2) is 18.3 Å².